The van der Waals surface area contributed by atoms with Crippen LogP contribution in [0.1, 0.15) is 12.8 Å². The summed E-state index contributed by atoms with van der Waals surface area (Å²) in [7, 11) is 2.14. The molecule has 0 radical (unpaired) electrons. The quantitative estimate of drug-likeness (QED) is 0.578. The van der Waals surface area contributed by atoms with Gasteiger partial charge in [-0.2, -0.15) is 0 Å². The topological polar surface area (TPSA) is 61.6 Å². The first kappa shape index (κ1) is 13.4. The van der Waals surface area contributed by atoms with Crippen LogP contribution in [-0.2, 0) is 4.79 Å². The van der Waals surface area contributed by atoms with E-state index in [1.807, 2.05) is 0 Å². The highest BCUT2D eigenvalue weighted by Crippen LogP contribution is 1.99. The first-order valence-corrected chi connectivity index (χ1v) is 6.10. The number of amides is 1. The largest absolute Gasteiger partial charge is 0.356 e. The lowest BCUT2D eigenvalue weighted by atomic mass is 10.3. The molecule has 1 saturated heterocycles. The number of likely N-dealkylation sites (N-methyl/N-ethyl adjacent to an activating group) is 1. The van der Waals surface area contributed by atoms with Gasteiger partial charge in [0, 0.05) is 45.7 Å². The average Bonchev–Trinajstić information content (AvgIpc) is 2.29. The van der Waals surface area contributed by atoms with E-state index in [-0.39, 0.29) is 5.91 Å². The Labute approximate surface area is 98.0 Å². The van der Waals surface area contributed by atoms with Crippen molar-refractivity contribution in [2.75, 3.05) is 52.9 Å². The highest BCUT2D eigenvalue weighted by molar-refractivity contribution is 5.75. The molecule has 0 bridgehead atoms. The van der Waals surface area contributed by atoms with Gasteiger partial charge in [0.1, 0.15) is 0 Å². The van der Waals surface area contributed by atoms with Crippen LogP contribution in [0.15, 0.2) is 0 Å². The van der Waals surface area contributed by atoms with E-state index in [1.54, 1.807) is 0 Å². The molecule has 5 heteroatoms. The maximum atomic E-state index is 11.4. The summed E-state index contributed by atoms with van der Waals surface area (Å²) in [5, 5.41) is 2.88. The number of hydrogen-bond donors (Lipinski definition) is 2. The van der Waals surface area contributed by atoms with E-state index in [1.165, 1.54) is 0 Å². The molecule has 0 atom stereocenters. The Kier molecular flexibility index (Phi) is 6.37. The van der Waals surface area contributed by atoms with Crippen molar-refractivity contribution in [1.82, 2.24) is 15.1 Å². The molecule has 0 aromatic carbocycles. The van der Waals surface area contributed by atoms with E-state index < -0.39 is 0 Å². The van der Waals surface area contributed by atoms with Crippen LogP contribution < -0.4 is 11.1 Å². The van der Waals surface area contributed by atoms with Gasteiger partial charge in [-0.3, -0.25) is 4.79 Å². The lowest BCUT2D eigenvalue weighted by Gasteiger charge is -2.32. The van der Waals surface area contributed by atoms with Gasteiger partial charge in [0.2, 0.25) is 5.91 Å². The van der Waals surface area contributed by atoms with Gasteiger partial charge in [-0.05, 0) is 20.0 Å². The summed E-state index contributed by atoms with van der Waals surface area (Å²) in [5.41, 5.74) is 5.35. The fourth-order valence-corrected chi connectivity index (χ4v) is 1.75. The Bertz CT molecular complexity index is 202. The number of carbonyl (C=O) groups is 1. The molecule has 0 saturated carbocycles. The third-order valence-electron chi connectivity index (χ3n) is 2.95. The van der Waals surface area contributed by atoms with Gasteiger partial charge in [0.05, 0.1) is 0 Å². The van der Waals surface area contributed by atoms with Gasteiger partial charge in [-0.15, -0.1) is 0 Å². The van der Waals surface area contributed by atoms with E-state index in [0.717, 1.165) is 39.1 Å². The van der Waals surface area contributed by atoms with Crippen LogP contribution in [0.25, 0.3) is 0 Å². The Morgan fingerprint density at radius 3 is 2.62 bits per heavy atom. The lowest BCUT2D eigenvalue weighted by molar-refractivity contribution is -0.121. The molecule has 0 aromatic heterocycles. The van der Waals surface area contributed by atoms with Crippen molar-refractivity contribution in [1.29, 1.82) is 0 Å². The molecular formula is C11H24N4O. The van der Waals surface area contributed by atoms with Gasteiger partial charge < -0.3 is 20.9 Å². The zero-order valence-corrected chi connectivity index (χ0v) is 10.2. The van der Waals surface area contributed by atoms with Crippen molar-refractivity contribution in [2.24, 2.45) is 5.73 Å². The fraction of sp³-hybridized carbons (Fsp3) is 0.909. The summed E-state index contributed by atoms with van der Waals surface area (Å²) < 4.78 is 0. The second kappa shape index (κ2) is 7.60. The molecule has 0 aromatic rings. The molecule has 0 unspecified atom stereocenters. The minimum Gasteiger partial charge on any atom is -0.356 e. The zero-order valence-electron chi connectivity index (χ0n) is 10.2. The van der Waals surface area contributed by atoms with Crippen LogP contribution in [0.4, 0.5) is 0 Å². The molecule has 16 heavy (non-hydrogen) atoms. The number of nitrogens with zero attached hydrogens (tertiary/aromatic N) is 2. The van der Waals surface area contributed by atoms with Gasteiger partial charge in [-0.25, -0.2) is 0 Å². The summed E-state index contributed by atoms with van der Waals surface area (Å²) in [4.78, 5) is 16.1. The summed E-state index contributed by atoms with van der Waals surface area (Å²) in [5.74, 6) is 0.146. The van der Waals surface area contributed by atoms with Crippen LogP contribution in [0, 0.1) is 0 Å². The predicted octanol–water partition coefficient (Wildman–Crippen LogP) is -0.911. The molecule has 1 heterocycles. The number of hydrogen-bond acceptors (Lipinski definition) is 4. The molecule has 1 aliphatic heterocycles. The van der Waals surface area contributed by atoms with Crippen molar-refractivity contribution in [2.45, 2.75) is 12.8 Å². The molecule has 94 valence electrons. The minimum atomic E-state index is 0.146. The van der Waals surface area contributed by atoms with E-state index in [9.17, 15) is 4.79 Å². The third kappa shape index (κ3) is 5.44. The summed E-state index contributed by atoms with van der Waals surface area (Å²) >= 11 is 0. The number of nitrogens with one attached hydrogen (secondary N) is 1. The summed E-state index contributed by atoms with van der Waals surface area (Å²) in [6, 6.07) is 0. The molecular weight excluding hydrogens is 204 g/mol. The van der Waals surface area contributed by atoms with Crippen LogP contribution in [-0.4, -0.2) is 68.6 Å². The van der Waals surface area contributed by atoms with Crippen LogP contribution in [0.3, 0.4) is 0 Å². The molecule has 1 aliphatic rings. The van der Waals surface area contributed by atoms with Gasteiger partial charge >= 0.3 is 0 Å². The number of carbonyl (C=O) groups excluding carboxylic acids is 1. The van der Waals surface area contributed by atoms with Gasteiger partial charge in [0.15, 0.2) is 0 Å². The van der Waals surface area contributed by atoms with E-state index in [0.29, 0.717) is 19.5 Å². The number of rotatable bonds is 6. The standard InChI is InChI=1S/C11H24N4O/c1-14-7-9-15(10-8-14)6-3-11(16)13-5-2-4-12/h2-10,12H2,1H3,(H,13,16). The Balaban J connectivity index is 2.03. The molecule has 0 aliphatic carbocycles. The average molecular weight is 228 g/mol. The minimum absolute atomic E-state index is 0.146. The zero-order chi connectivity index (χ0) is 11.8. The molecule has 0 spiro atoms. The smallest absolute Gasteiger partial charge is 0.221 e. The second-order valence-corrected chi connectivity index (χ2v) is 4.39. The number of piperazine rings is 1. The van der Waals surface area contributed by atoms with Crippen LogP contribution in [0.2, 0.25) is 0 Å². The first-order chi connectivity index (χ1) is 7.72. The van der Waals surface area contributed by atoms with Crippen molar-refractivity contribution < 1.29 is 4.79 Å². The lowest BCUT2D eigenvalue weighted by Crippen LogP contribution is -2.45. The van der Waals surface area contributed by atoms with E-state index in [4.69, 9.17) is 5.73 Å². The van der Waals surface area contributed by atoms with E-state index >= 15 is 0 Å². The van der Waals surface area contributed by atoms with Crippen molar-refractivity contribution in [3.8, 4) is 0 Å². The second-order valence-electron chi connectivity index (χ2n) is 4.39. The third-order valence-corrected chi connectivity index (χ3v) is 2.95. The highest BCUT2D eigenvalue weighted by atomic mass is 16.1. The predicted molar refractivity (Wildman–Crippen MR) is 65.2 cm³/mol. The van der Waals surface area contributed by atoms with Crippen molar-refractivity contribution in [3.05, 3.63) is 0 Å². The Hall–Kier alpha value is -0.650. The molecule has 1 fully saturated rings. The SMILES string of the molecule is CN1CCN(CCC(=O)NCCCN)CC1. The van der Waals surface area contributed by atoms with Gasteiger partial charge in [-0.1, -0.05) is 0 Å². The summed E-state index contributed by atoms with van der Waals surface area (Å²) in [6.07, 6.45) is 1.47. The maximum Gasteiger partial charge on any atom is 0.221 e. The fourth-order valence-electron chi connectivity index (χ4n) is 1.75. The van der Waals surface area contributed by atoms with Crippen molar-refractivity contribution in [3.63, 3.8) is 0 Å². The number of nitrogens with two attached hydrogens (primary N) is 1. The van der Waals surface area contributed by atoms with Crippen molar-refractivity contribution >= 4 is 5.91 Å². The molecule has 1 rings (SSSR count). The normalized spacial score (nSPS) is 18.6. The maximum absolute atomic E-state index is 11.4. The highest BCUT2D eigenvalue weighted by Gasteiger charge is 2.14. The molecule has 5 nitrogen and oxygen atoms in total. The monoisotopic (exact) mass is 228 g/mol. The summed E-state index contributed by atoms with van der Waals surface area (Å²) in [6.45, 7) is 6.59. The van der Waals surface area contributed by atoms with E-state index in [2.05, 4.69) is 22.2 Å². The van der Waals surface area contributed by atoms with Crippen LogP contribution >= 0.6 is 0 Å². The molecule has 1 amide bonds. The van der Waals surface area contributed by atoms with Gasteiger partial charge in [0.25, 0.3) is 0 Å². The van der Waals surface area contributed by atoms with Crippen LogP contribution in [0.5, 0.6) is 0 Å². The Morgan fingerprint density at radius 2 is 2.00 bits per heavy atom. The Morgan fingerprint density at radius 1 is 1.31 bits per heavy atom. The first-order valence-electron chi connectivity index (χ1n) is 6.10. The molecule has 3 N–H and O–H groups in total.